The van der Waals surface area contributed by atoms with Crippen molar-refractivity contribution in [1.82, 2.24) is 4.31 Å². The molecule has 0 spiro atoms. The van der Waals surface area contributed by atoms with Gasteiger partial charge in [-0.25, -0.2) is 13.2 Å². The van der Waals surface area contributed by atoms with Crippen LogP contribution < -0.4 is 0 Å². The minimum absolute atomic E-state index is 0.00751. The minimum Gasteiger partial charge on any atom is -0.465 e. The number of methoxy groups -OCH3 is 1. The Morgan fingerprint density at radius 1 is 1.38 bits per heavy atom. The maximum absolute atomic E-state index is 12.7. The third-order valence-electron chi connectivity index (χ3n) is 3.79. The summed E-state index contributed by atoms with van der Waals surface area (Å²) >= 11 is 0. The molecule has 2 unspecified atom stereocenters. The van der Waals surface area contributed by atoms with Gasteiger partial charge in [-0.15, -0.1) is 0 Å². The van der Waals surface area contributed by atoms with Gasteiger partial charge in [0.2, 0.25) is 10.0 Å². The highest BCUT2D eigenvalue weighted by atomic mass is 32.2. The number of aliphatic hydroxyl groups excluding tert-OH is 1. The highest BCUT2D eigenvalue weighted by molar-refractivity contribution is 7.89. The molecule has 116 valence electrons. The highest BCUT2D eigenvalue weighted by Crippen LogP contribution is 2.26. The summed E-state index contributed by atoms with van der Waals surface area (Å²) in [4.78, 5) is 11.6. The molecule has 7 heteroatoms. The predicted molar refractivity (Wildman–Crippen MR) is 76.3 cm³/mol. The van der Waals surface area contributed by atoms with Crippen molar-refractivity contribution in [2.75, 3.05) is 20.2 Å². The van der Waals surface area contributed by atoms with Gasteiger partial charge in [0.1, 0.15) is 0 Å². The number of carbonyl (C=O) groups is 1. The van der Waals surface area contributed by atoms with Crippen molar-refractivity contribution in [1.29, 1.82) is 0 Å². The van der Waals surface area contributed by atoms with Crippen LogP contribution in [-0.2, 0) is 14.8 Å². The third-order valence-corrected chi connectivity index (χ3v) is 5.71. The molecule has 6 nitrogen and oxygen atoms in total. The van der Waals surface area contributed by atoms with Crippen LogP contribution in [0.4, 0.5) is 0 Å². The van der Waals surface area contributed by atoms with Gasteiger partial charge in [-0.05, 0) is 24.5 Å². The standard InChI is InChI=1S/C14H19NO5S/c1-10-7-8-15(9-12(10)16)21(18,19)13-6-4-3-5-11(13)14(17)20-2/h3-6,10,12,16H,7-9H2,1-2H3. The molecule has 0 aliphatic carbocycles. The van der Waals surface area contributed by atoms with Crippen molar-refractivity contribution in [3.63, 3.8) is 0 Å². The van der Waals surface area contributed by atoms with Crippen LogP contribution in [0.15, 0.2) is 29.2 Å². The number of aliphatic hydroxyl groups is 1. The molecule has 0 amide bonds. The number of sulfonamides is 1. The molecule has 1 saturated heterocycles. The highest BCUT2D eigenvalue weighted by Gasteiger charge is 2.34. The van der Waals surface area contributed by atoms with E-state index < -0.39 is 22.1 Å². The lowest BCUT2D eigenvalue weighted by molar-refractivity contribution is 0.0589. The second kappa shape index (κ2) is 6.13. The molecule has 0 saturated carbocycles. The molecule has 1 fully saturated rings. The molecule has 2 rings (SSSR count). The fourth-order valence-corrected chi connectivity index (χ4v) is 4.00. The number of benzene rings is 1. The summed E-state index contributed by atoms with van der Waals surface area (Å²) in [5.41, 5.74) is 0.00751. The van der Waals surface area contributed by atoms with Gasteiger partial charge in [-0.3, -0.25) is 0 Å². The summed E-state index contributed by atoms with van der Waals surface area (Å²) in [6.07, 6.45) is -0.111. The number of ether oxygens (including phenoxy) is 1. The molecular formula is C14H19NO5S. The number of hydrogen-bond donors (Lipinski definition) is 1. The Morgan fingerprint density at radius 2 is 2.05 bits per heavy atom. The van der Waals surface area contributed by atoms with E-state index in [-0.39, 0.29) is 22.9 Å². The summed E-state index contributed by atoms with van der Waals surface area (Å²) in [6.45, 7) is 2.26. The van der Waals surface area contributed by atoms with Crippen LogP contribution in [-0.4, -0.2) is 50.1 Å². The van der Waals surface area contributed by atoms with Gasteiger partial charge < -0.3 is 9.84 Å². The monoisotopic (exact) mass is 313 g/mol. The van der Waals surface area contributed by atoms with Gasteiger partial charge in [0.25, 0.3) is 0 Å². The van der Waals surface area contributed by atoms with E-state index in [9.17, 15) is 18.3 Å². The van der Waals surface area contributed by atoms with Crippen LogP contribution in [0.5, 0.6) is 0 Å². The molecule has 1 aliphatic heterocycles. The van der Waals surface area contributed by atoms with E-state index in [2.05, 4.69) is 4.74 Å². The zero-order chi connectivity index (χ0) is 15.6. The quantitative estimate of drug-likeness (QED) is 0.837. The summed E-state index contributed by atoms with van der Waals surface area (Å²) in [5.74, 6) is -0.632. The Bertz CT molecular complexity index is 628. The SMILES string of the molecule is COC(=O)c1ccccc1S(=O)(=O)N1CCC(C)C(O)C1. The molecule has 1 aliphatic rings. The molecule has 1 aromatic carbocycles. The normalized spacial score (nSPS) is 23.8. The van der Waals surface area contributed by atoms with E-state index in [0.29, 0.717) is 13.0 Å². The first-order valence-electron chi connectivity index (χ1n) is 6.73. The molecule has 0 aromatic heterocycles. The van der Waals surface area contributed by atoms with Crippen LogP contribution >= 0.6 is 0 Å². The second-order valence-electron chi connectivity index (χ2n) is 5.18. The summed E-state index contributed by atoms with van der Waals surface area (Å²) < 4.78 is 31.2. The van der Waals surface area contributed by atoms with Crippen molar-refractivity contribution in [2.45, 2.75) is 24.3 Å². The lowest BCUT2D eigenvalue weighted by atomic mass is 9.98. The van der Waals surface area contributed by atoms with Gasteiger partial charge in [0.15, 0.2) is 0 Å². The van der Waals surface area contributed by atoms with E-state index in [1.165, 1.54) is 23.5 Å². The van der Waals surface area contributed by atoms with E-state index >= 15 is 0 Å². The molecule has 0 bridgehead atoms. The maximum Gasteiger partial charge on any atom is 0.339 e. The zero-order valence-corrected chi connectivity index (χ0v) is 12.8. The average Bonchev–Trinajstić information content (AvgIpc) is 2.49. The first-order chi connectivity index (χ1) is 9.87. The number of β-amino-alcohol motifs (C(OH)–C–C–N with tert-alkyl or cyclic N) is 1. The van der Waals surface area contributed by atoms with Crippen molar-refractivity contribution < 1.29 is 23.1 Å². The molecule has 1 heterocycles. The van der Waals surface area contributed by atoms with Crippen molar-refractivity contribution >= 4 is 16.0 Å². The van der Waals surface area contributed by atoms with E-state index in [0.717, 1.165) is 0 Å². The second-order valence-corrected chi connectivity index (χ2v) is 7.09. The first kappa shape index (κ1) is 15.9. The molecule has 1 N–H and O–H groups in total. The Labute approximate surface area is 124 Å². The van der Waals surface area contributed by atoms with Crippen LogP contribution in [0.1, 0.15) is 23.7 Å². The Morgan fingerprint density at radius 3 is 2.67 bits per heavy atom. The topological polar surface area (TPSA) is 83.9 Å². The van der Waals surface area contributed by atoms with Gasteiger partial charge in [0.05, 0.1) is 23.7 Å². The zero-order valence-electron chi connectivity index (χ0n) is 12.0. The number of esters is 1. The fourth-order valence-electron chi connectivity index (χ4n) is 2.35. The van der Waals surface area contributed by atoms with E-state index in [4.69, 9.17) is 0 Å². The van der Waals surface area contributed by atoms with E-state index in [1.54, 1.807) is 12.1 Å². The third kappa shape index (κ3) is 3.09. The Hall–Kier alpha value is -1.44. The minimum atomic E-state index is -3.83. The molecule has 0 radical (unpaired) electrons. The van der Waals surface area contributed by atoms with Crippen molar-refractivity contribution in [3.8, 4) is 0 Å². The van der Waals surface area contributed by atoms with Crippen LogP contribution in [0.3, 0.4) is 0 Å². The summed E-state index contributed by atoms with van der Waals surface area (Å²) in [7, 11) is -2.63. The van der Waals surface area contributed by atoms with Crippen LogP contribution in [0.25, 0.3) is 0 Å². The van der Waals surface area contributed by atoms with E-state index in [1.807, 2.05) is 6.92 Å². The van der Waals surface area contributed by atoms with Crippen LogP contribution in [0, 0.1) is 5.92 Å². The number of hydrogen-bond acceptors (Lipinski definition) is 5. The number of rotatable bonds is 3. The molecular weight excluding hydrogens is 294 g/mol. The lowest BCUT2D eigenvalue weighted by Crippen LogP contribution is -2.46. The Kier molecular flexibility index (Phi) is 4.65. The number of piperidine rings is 1. The summed E-state index contributed by atoms with van der Waals surface area (Å²) in [5, 5.41) is 9.89. The smallest absolute Gasteiger partial charge is 0.339 e. The van der Waals surface area contributed by atoms with Crippen molar-refractivity contribution in [2.24, 2.45) is 5.92 Å². The van der Waals surface area contributed by atoms with Gasteiger partial charge >= 0.3 is 5.97 Å². The Balaban J connectivity index is 2.39. The van der Waals surface area contributed by atoms with Gasteiger partial charge in [-0.2, -0.15) is 4.31 Å². The molecule has 1 aromatic rings. The lowest BCUT2D eigenvalue weighted by Gasteiger charge is -2.33. The predicted octanol–water partition coefficient (Wildman–Crippen LogP) is 0.865. The van der Waals surface area contributed by atoms with Crippen molar-refractivity contribution in [3.05, 3.63) is 29.8 Å². The average molecular weight is 313 g/mol. The molecule has 2 atom stereocenters. The number of nitrogens with zero attached hydrogens (tertiary/aromatic N) is 1. The maximum atomic E-state index is 12.7. The van der Waals surface area contributed by atoms with Gasteiger partial charge in [-0.1, -0.05) is 19.1 Å². The summed E-state index contributed by atoms with van der Waals surface area (Å²) in [6, 6.07) is 5.94. The van der Waals surface area contributed by atoms with Gasteiger partial charge in [0, 0.05) is 13.1 Å². The first-order valence-corrected chi connectivity index (χ1v) is 8.17. The number of carbonyl (C=O) groups excluding carboxylic acids is 1. The fraction of sp³-hybridized carbons (Fsp3) is 0.500. The molecule has 21 heavy (non-hydrogen) atoms. The largest absolute Gasteiger partial charge is 0.465 e. The van der Waals surface area contributed by atoms with Crippen LogP contribution in [0.2, 0.25) is 0 Å².